The van der Waals surface area contributed by atoms with Gasteiger partial charge in [-0.1, -0.05) is 76.1 Å². The first-order valence-corrected chi connectivity index (χ1v) is 13.8. The number of para-hydroxylation sites is 1. The number of halogens is 2. The molecule has 2 amide bonds. The molecule has 7 nitrogen and oxygen atoms in total. The number of carbonyl (C=O) groups excluding carboxylic acids is 2. The van der Waals surface area contributed by atoms with E-state index in [-0.39, 0.29) is 5.91 Å². The van der Waals surface area contributed by atoms with Crippen LogP contribution < -0.4 is 19.4 Å². The summed E-state index contributed by atoms with van der Waals surface area (Å²) in [6.07, 6.45) is -1.000. The third-order valence-corrected chi connectivity index (χ3v) is 7.99. The van der Waals surface area contributed by atoms with Crippen molar-refractivity contribution in [2.24, 2.45) is 5.92 Å². The predicted octanol–water partition coefficient (Wildman–Crippen LogP) is 6.74. The van der Waals surface area contributed by atoms with E-state index in [2.05, 4.69) is 15.9 Å². The first kappa shape index (κ1) is 26.4. The fourth-order valence-electron chi connectivity index (χ4n) is 5.16. The van der Waals surface area contributed by atoms with Crippen molar-refractivity contribution in [3.8, 4) is 11.5 Å². The lowest BCUT2D eigenvalue weighted by Crippen LogP contribution is -2.37. The minimum absolute atomic E-state index is 0.351. The van der Waals surface area contributed by atoms with Crippen molar-refractivity contribution >= 4 is 50.7 Å². The zero-order valence-electron chi connectivity index (χ0n) is 21.4. The van der Waals surface area contributed by atoms with Gasteiger partial charge in [-0.25, -0.2) is 9.96 Å². The molecular formula is C31H24BrClN2O5. The number of imide groups is 1. The standard InChI is InChI=1S/C31H24BrClN2O5/c1-38-25-16-23(24(32)17-26(25)39-18-19-8-4-2-5-9-19)28-27-29(40-35(28)22-10-6-3-7-11-22)31(37)34(30(27)36)21-14-12-20(33)13-15-21/h2-17,27-29H,18H2,1H3/t27-,28-,29-/m0/s1. The highest BCUT2D eigenvalue weighted by Crippen LogP contribution is 2.50. The van der Waals surface area contributed by atoms with Gasteiger partial charge in [-0.3, -0.25) is 14.4 Å². The number of rotatable bonds is 7. The van der Waals surface area contributed by atoms with Crippen LogP contribution in [-0.2, 0) is 21.0 Å². The molecule has 9 heteroatoms. The quantitative estimate of drug-likeness (QED) is 0.214. The predicted molar refractivity (Wildman–Crippen MR) is 155 cm³/mol. The van der Waals surface area contributed by atoms with Crippen molar-refractivity contribution in [1.29, 1.82) is 0 Å². The van der Waals surface area contributed by atoms with Crippen LogP contribution >= 0.6 is 27.5 Å². The van der Waals surface area contributed by atoms with Crippen LogP contribution in [0.5, 0.6) is 11.5 Å². The van der Waals surface area contributed by atoms with Crippen molar-refractivity contribution in [3.63, 3.8) is 0 Å². The summed E-state index contributed by atoms with van der Waals surface area (Å²) in [6, 6.07) is 28.9. The number of fused-ring (bicyclic) bond motifs is 1. The third kappa shape index (κ3) is 4.72. The van der Waals surface area contributed by atoms with Gasteiger partial charge >= 0.3 is 0 Å². The van der Waals surface area contributed by atoms with Gasteiger partial charge in [0.1, 0.15) is 12.5 Å². The van der Waals surface area contributed by atoms with Gasteiger partial charge in [-0.15, -0.1) is 0 Å². The summed E-state index contributed by atoms with van der Waals surface area (Å²) in [5.74, 6) is -0.541. The molecule has 0 spiro atoms. The van der Waals surface area contributed by atoms with Crippen molar-refractivity contribution < 1.29 is 23.9 Å². The van der Waals surface area contributed by atoms with Crippen molar-refractivity contribution in [2.75, 3.05) is 17.1 Å². The van der Waals surface area contributed by atoms with Gasteiger partial charge in [0.05, 0.1) is 24.5 Å². The average Bonchev–Trinajstić information content (AvgIpc) is 3.49. The number of amides is 2. The average molecular weight is 620 g/mol. The van der Waals surface area contributed by atoms with Crippen LogP contribution in [0, 0.1) is 5.92 Å². The molecule has 0 saturated carbocycles. The van der Waals surface area contributed by atoms with Crippen LogP contribution in [0.3, 0.4) is 0 Å². The molecule has 2 heterocycles. The summed E-state index contributed by atoms with van der Waals surface area (Å²) in [4.78, 5) is 35.0. The first-order valence-electron chi connectivity index (χ1n) is 12.6. The molecule has 4 aromatic carbocycles. The summed E-state index contributed by atoms with van der Waals surface area (Å²) < 4.78 is 12.5. The van der Waals surface area contributed by atoms with E-state index in [1.54, 1.807) is 36.4 Å². The number of nitrogens with zero attached hydrogens (tertiary/aromatic N) is 2. The molecule has 202 valence electrons. The molecule has 2 saturated heterocycles. The summed E-state index contributed by atoms with van der Waals surface area (Å²) >= 11 is 9.75. The van der Waals surface area contributed by atoms with E-state index in [0.717, 1.165) is 16.8 Å². The summed E-state index contributed by atoms with van der Waals surface area (Å²) in [6.45, 7) is 0.361. The molecule has 2 fully saturated rings. The largest absolute Gasteiger partial charge is 0.493 e. The number of ether oxygens (including phenoxy) is 2. The maximum absolute atomic E-state index is 13.9. The van der Waals surface area contributed by atoms with Gasteiger partial charge in [0.25, 0.3) is 5.91 Å². The number of anilines is 2. The summed E-state index contributed by atoms with van der Waals surface area (Å²) in [7, 11) is 1.57. The second-order valence-electron chi connectivity index (χ2n) is 9.45. The molecule has 6 rings (SSSR count). The highest BCUT2D eigenvalue weighted by Gasteiger charge is 2.60. The van der Waals surface area contributed by atoms with E-state index >= 15 is 0 Å². The summed E-state index contributed by atoms with van der Waals surface area (Å²) in [5.41, 5.74) is 2.91. The Morgan fingerprint density at radius 2 is 1.52 bits per heavy atom. The highest BCUT2D eigenvalue weighted by molar-refractivity contribution is 9.10. The fourth-order valence-corrected chi connectivity index (χ4v) is 5.84. The van der Waals surface area contributed by atoms with E-state index < -0.39 is 24.0 Å². The molecule has 0 radical (unpaired) electrons. The number of carbonyl (C=O) groups is 2. The van der Waals surface area contributed by atoms with Crippen molar-refractivity contribution in [1.82, 2.24) is 0 Å². The molecule has 0 aliphatic carbocycles. The Hall–Kier alpha value is -3.85. The molecule has 2 aliphatic rings. The normalized spacial score (nSPS) is 20.1. The number of methoxy groups -OCH3 is 1. The highest BCUT2D eigenvalue weighted by atomic mass is 79.9. The monoisotopic (exact) mass is 618 g/mol. The minimum Gasteiger partial charge on any atom is -0.493 e. The lowest BCUT2D eigenvalue weighted by molar-refractivity contribution is -0.126. The lowest BCUT2D eigenvalue weighted by Gasteiger charge is -2.29. The molecule has 4 aromatic rings. The second-order valence-corrected chi connectivity index (χ2v) is 10.7. The molecule has 0 bridgehead atoms. The van der Waals surface area contributed by atoms with E-state index in [4.69, 9.17) is 25.9 Å². The van der Waals surface area contributed by atoms with Crippen LogP contribution in [0.4, 0.5) is 11.4 Å². The number of hydrogen-bond acceptors (Lipinski definition) is 6. The molecule has 40 heavy (non-hydrogen) atoms. The molecule has 3 atom stereocenters. The number of hydrogen-bond donors (Lipinski definition) is 0. The molecule has 0 unspecified atom stereocenters. The van der Waals surface area contributed by atoms with Crippen molar-refractivity contribution in [3.05, 3.63) is 118 Å². The molecular weight excluding hydrogens is 596 g/mol. The van der Waals surface area contributed by atoms with E-state index in [1.165, 1.54) is 4.90 Å². The third-order valence-electron chi connectivity index (χ3n) is 7.05. The maximum Gasteiger partial charge on any atom is 0.266 e. The molecule has 0 N–H and O–H groups in total. The van der Waals surface area contributed by atoms with E-state index in [9.17, 15) is 9.59 Å². The second kappa shape index (κ2) is 11.0. The molecule has 0 aromatic heterocycles. The Labute approximate surface area is 244 Å². The number of hydroxylamine groups is 1. The van der Waals surface area contributed by atoms with Gasteiger partial charge < -0.3 is 9.47 Å². The maximum atomic E-state index is 13.9. The minimum atomic E-state index is -1.000. The van der Waals surface area contributed by atoms with E-state index in [1.807, 2.05) is 72.8 Å². The van der Waals surface area contributed by atoms with Crippen LogP contribution in [0.25, 0.3) is 0 Å². The topological polar surface area (TPSA) is 68.3 Å². The SMILES string of the molecule is COc1cc([C@H]2[C@@H]3C(=O)N(c4ccc(Cl)cc4)C(=O)[C@H]3ON2c2ccccc2)c(Br)cc1OCc1ccccc1. The molecule has 2 aliphatic heterocycles. The van der Waals surface area contributed by atoms with Gasteiger partial charge in [0.2, 0.25) is 5.91 Å². The van der Waals surface area contributed by atoms with Crippen LogP contribution in [-0.4, -0.2) is 25.0 Å². The Balaban J connectivity index is 1.40. The van der Waals surface area contributed by atoms with Gasteiger partial charge in [-0.2, -0.15) is 0 Å². The smallest absolute Gasteiger partial charge is 0.266 e. The zero-order valence-corrected chi connectivity index (χ0v) is 23.7. The first-order chi connectivity index (χ1) is 19.5. The number of benzene rings is 4. The zero-order chi connectivity index (χ0) is 27.8. The van der Waals surface area contributed by atoms with Gasteiger partial charge in [0.15, 0.2) is 17.6 Å². The van der Waals surface area contributed by atoms with Crippen LogP contribution in [0.15, 0.2) is 102 Å². The summed E-state index contributed by atoms with van der Waals surface area (Å²) in [5, 5.41) is 2.16. The van der Waals surface area contributed by atoms with E-state index in [0.29, 0.717) is 33.3 Å². The lowest BCUT2D eigenvalue weighted by atomic mass is 9.90. The van der Waals surface area contributed by atoms with Crippen LogP contribution in [0.1, 0.15) is 17.2 Å². The van der Waals surface area contributed by atoms with Gasteiger partial charge in [-0.05, 0) is 59.7 Å². The fraction of sp³-hybridized carbons (Fsp3) is 0.161. The Morgan fingerprint density at radius 3 is 2.20 bits per heavy atom. The van der Waals surface area contributed by atoms with Crippen molar-refractivity contribution in [2.45, 2.75) is 18.8 Å². The Bertz CT molecular complexity index is 1550. The Morgan fingerprint density at radius 1 is 0.850 bits per heavy atom. The Kier molecular flexibility index (Phi) is 7.23. The van der Waals surface area contributed by atoms with Gasteiger partial charge in [0, 0.05) is 9.50 Å². The van der Waals surface area contributed by atoms with Crippen LogP contribution in [0.2, 0.25) is 5.02 Å².